The lowest BCUT2D eigenvalue weighted by atomic mass is 10.1. The van der Waals surface area contributed by atoms with Crippen LogP contribution in [0.4, 0.5) is 0 Å². The van der Waals surface area contributed by atoms with Crippen molar-refractivity contribution in [1.29, 1.82) is 0 Å². The zero-order chi connectivity index (χ0) is 11.3. The van der Waals surface area contributed by atoms with Gasteiger partial charge in [0.2, 0.25) is 0 Å². The summed E-state index contributed by atoms with van der Waals surface area (Å²) in [6.45, 7) is 0.697. The van der Waals surface area contributed by atoms with E-state index in [4.69, 9.17) is 4.74 Å². The Balaban J connectivity index is 2.78. The fraction of sp³-hybridized carbons (Fsp3) is 0.364. The molecule has 0 aliphatic heterocycles. The summed E-state index contributed by atoms with van der Waals surface area (Å²) in [5, 5.41) is 2.95. The van der Waals surface area contributed by atoms with Crippen LogP contribution in [0.5, 0.6) is 5.75 Å². The van der Waals surface area contributed by atoms with Crippen LogP contribution in [0, 0.1) is 0 Å². The summed E-state index contributed by atoms with van der Waals surface area (Å²) in [5.41, 5.74) is 0.706. The average Bonchev–Trinajstić information content (AvgIpc) is 2.25. The maximum absolute atomic E-state index is 11.7. The maximum Gasteiger partial charge on any atom is 0.164 e. The van der Waals surface area contributed by atoms with E-state index in [2.05, 4.69) is 21.2 Å². The van der Waals surface area contributed by atoms with Crippen molar-refractivity contribution in [3.05, 3.63) is 28.2 Å². The third-order valence-electron chi connectivity index (χ3n) is 2.08. The molecule has 1 aromatic carbocycles. The molecule has 3 nitrogen and oxygen atoms in total. The molecular formula is C11H14BrNO2. The molecule has 0 radical (unpaired) electrons. The number of benzene rings is 1. The molecule has 4 heteroatoms. The first kappa shape index (κ1) is 12.2. The van der Waals surface area contributed by atoms with Gasteiger partial charge in [0.05, 0.1) is 11.6 Å². The van der Waals surface area contributed by atoms with Crippen molar-refractivity contribution in [2.45, 2.75) is 6.42 Å². The van der Waals surface area contributed by atoms with Crippen molar-refractivity contribution in [3.63, 3.8) is 0 Å². The van der Waals surface area contributed by atoms with Crippen LogP contribution in [-0.2, 0) is 0 Å². The van der Waals surface area contributed by atoms with Crippen LogP contribution in [0.15, 0.2) is 22.7 Å². The van der Waals surface area contributed by atoms with E-state index in [0.717, 1.165) is 10.2 Å². The molecular weight excluding hydrogens is 258 g/mol. The molecule has 0 amide bonds. The van der Waals surface area contributed by atoms with E-state index in [0.29, 0.717) is 18.5 Å². The quantitative estimate of drug-likeness (QED) is 0.835. The minimum Gasteiger partial charge on any atom is -0.496 e. The number of rotatable bonds is 5. The Hall–Kier alpha value is -0.870. The monoisotopic (exact) mass is 271 g/mol. The molecule has 0 saturated carbocycles. The van der Waals surface area contributed by atoms with E-state index in [1.807, 2.05) is 7.05 Å². The average molecular weight is 272 g/mol. The SMILES string of the molecule is CNCCC(=O)c1ccc(OC)c(Br)c1. The molecule has 1 rings (SSSR count). The van der Waals surface area contributed by atoms with Crippen LogP contribution in [0.25, 0.3) is 0 Å². The number of carbonyl (C=O) groups excluding carboxylic acids is 1. The van der Waals surface area contributed by atoms with Gasteiger partial charge >= 0.3 is 0 Å². The molecule has 0 unspecified atom stereocenters. The van der Waals surface area contributed by atoms with Crippen molar-refractivity contribution < 1.29 is 9.53 Å². The van der Waals surface area contributed by atoms with Gasteiger partial charge in [0.15, 0.2) is 5.78 Å². The first-order valence-corrected chi connectivity index (χ1v) is 5.49. The number of ether oxygens (including phenoxy) is 1. The van der Waals surface area contributed by atoms with E-state index >= 15 is 0 Å². The predicted octanol–water partition coefficient (Wildman–Crippen LogP) is 2.25. The number of halogens is 1. The summed E-state index contributed by atoms with van der Waals surface area (Å²) >= 11 is 3.35. The van der Waals surface area contributed by atoms with Crippen LogP contribution in [0.2, 0.25) is 0 Å². The van der Waals surface area contributed by atoms with Gasteiger partial charge in [-0.3, -0.25) is 4.79 Å². The van der Waals surface area contributed by atoms with Crippen molar-refractivity contribution in [1.82, 2.24) is 5.32 Å². The number of nitrogens with one attached hydrogen (secondary N) is 1. The van der Waals surface area contributed by atoms with Crippen LogP contribution < -0.4 is 10.1 Å². The van der Waals surface area contributed by atoms with Gasteiger partial charge in [-0.25, -0.2) is 0 Å². The molecule has 0 bridgehead atoms. The van der Waals surface area contributed by atoms with E-state index in [-0.39, 0.29) is 5.78 Å². The van der Waals surface area contributed by atoms with Crippen LogP contribution in [0.3, 0.4) is 0 Å². The van der Waals surface area contributed by atoms with Gasteiger partial charge in [-0.15, -0.1) is 0 Å². The van der Waals surface area contributed by atoms with Gasteiger partial charge in [-0.1, -0.05) is 0 Å². The number of hydrogen-bond donors (Lipinski definition) is 1. The second-order valence-electron chi connectivity index (χ2n) is 3.13. The second-order valence-corrected chi connectivity index (χ2v) is 3.98. The van der Waals surface area contributed by atoms with Crippen molar-refractivity contribution in [3.8, 4) is 5.75 Å². The molecule has 0 saturated heterocycles. The van der Waals surface area contributed by atoms with Crippen LogP contribution in [0.1, 0.15) is 16.8 Å². The van der Waals surface area contributed by atoms with Crippen molar-refractivity contribution in [2.75, 3.05) is 20.7 Å². The predicted molar refractivity (Wildman–Crippen MR) is 63.6 cm³/mol. The summed E-state index contributed by atoms with van der Waals surface area (Å²) < 4.78 is 5.90. The van der Waals surface area contributed by atoms with Gasteiger partial charge in [0.25, 0.3) is 0 Å². The molecule has 0 spiro atoms. The Labute approximate surface area is 97.9 Å². The normalized spacial score (nSPS) is 10.1. The molecule has 0 atom stereocenters. The zero-order valence-corrected chi connectivity index (χ0v) is 10.4. The minimum absolute atomic E-state index is 0.132. The Morgan fingerprint density at radius 3 is 2.80 bits per heavy atom. The fourth-order valence-corrected chi connectivity index (χ4v) is 1.76. The highest BCUT2D eigenvalue weighted by molar-refractivity contribution is 9.10. The Morgan fingerprint density at radius 2 is 2.27 bits per heavy atom. The van der Waals surface area contributed by atoms with E-state index in [9.17, 15) is 4.79 Å². The van der Waals surface area contributed by atoms with Gasteiger partial charge < -0.3 is 10.1 Å². The third kappa shape index (κ3) is 3.32. The standard InChI is InChI=1S/C11H14BrNO2/c1-13-6-5-10(14)8-3-4-11(15-2)9(12)7-8/h3-4,7,13H,5-6H2,1-2H3. The summed E-state index contributed by atoms with van der Waals surface area (Å²) in [7, 11) is 3.43. The zero-order valence-electron chi connectivity index (χ0n) is 8.84. The van der Waals surface area contributed by atoms with E-state index in [1.54, 1.807) is 25.3 Å². The molecule has 0 aliphatic carbocycles. The highest BCUT2D eigenvalue weighted by Crippen LogP contribution is 2.25. The molecule has 0 aromatic heterocycles. The lowest BCUT2D eigenvalue weighted by Gasteiger charge is -2.05. The summed E-state index contributed by atoms with van der Waals surface area (Å²) in [6, 6.07) is 5.36. The molecule has 0 fully saturated rings. The van der Waals surface area contributed by atoms with E-state index < -0.39 is 0 Å². The lowest BCUT2D eigenvalue weighted by molar-refractivity contribution is 0.0983. The second kappa shape index (κ2) is 5.88. The van der Waals surface area contributed by atoms with Crippen molar-refractivity contribution in [2.24, 2.45) is 0 Å². The van der Waals surface area contributed by atoms with E-state index in [1.165, 1.54) is 0 Å². The highest BCUT2D eigenvalue weighted by Gasteiger charge is 2.07. The molecule has 0 aliphatic rings. The molecule has 15 heavy (non-hydrogen) atoms. The maximum atomic E-state index is 11.7. The van der Waals surface area contributed by atoms with Gasteiger partial charge in [-0.2, -0.15) is 0 Å². The van der Waals surface area contributed by atoms with Gasteiger partial charge in [0.1, 0.15) is 5.75 Å². The highest BCUT2D eigenvalue weighted by atomic mass is 79.9. The molecule has 0 heterocycles. The summed E-state index contributed by atoms with van der Waals surface area (Å²) in [5.74, 6) is 0.868. The van der Waals surface area contributed by atoms with Gasteiger partial charge in [-0.05, 0) is 41.2 Å². The van der Waals surface area contributed by atoms with Crippen molar-refractivity contribution >= 4 is 21.7 Å². The number of ketones is 1. The fourth-order valence-electron chi connectivity index (χ4n) is 1.22. The number of methoxy groups -OCH3 is 1. The summed E-state index contributed by atoms with van der Waals surface area (Å²) in [4.78, 5) is 11.7. The Bertz CT molecular complexity index is 352. The Morgan fingerprint density at radius 1 is 1.53 bits per heavy atom. The first-order chi connectivity index (χ1) is 7.19. The number of carbonyl (C=O) groups is 1. The van der Waals surface area contributed by atoms with Gasteiger partial charge in [0, 0.05) is 18.5 Å². The molecule has 1 N–H and O–H groups in total. The topological polar surface area (TPSA) is 38.3 Å². The smallest absolute Gasteiger partial charge is 0.164 e. The minimum atomic E-state index is 0.132. The third-order valence-corrected chi connectivity index (χ3v) is 2.70. The lowest BCUT2D eigenvalue weighted by Crippen LogP contribution is -2.13. The molecule has 82 valence electrons. The van der Waals surface area contributed by atoms with Crippen LogP contribution in [-0.4, -0.2) is 26.5 Å². The Kier molecular flexibility index (Phi) is 4.78. The first-order valence-electron chi connectivity index (χ1n) is 4.70. The largest absolute Gasteiger partial charge is 0.496 e. The number of hydrogen-bond acceptors (Lipinski definition) is 3. The molecule has 1 aromatic rings. The number of Topliss-reactive ketones (excluding diaryl/α,β-unsaturated/α-hetero) is 1. The summed E-state index contributed by atoms with van der Waals surface area (Å²) in [6.07, 6.45) is 0.509. The van der Waals surface area contributed by atoms with Crippen LogP contribution >= 0.6 is 15.9 Å².